The molecule has 3 rings (SSSR count). The molecule has 0 aromatic carbocycles. The average Bonchev–Trinajstić information content (AvgIpc) is 3.09. The number of hydrogen-bond acceptors (Lipinski definition) is 4. The number of carbonyl (C=O) groups excluding carboxylic acids is 1. The molecule has 1 amide bonds. The molecule has 0 saturated carbocycles. The molecule has 0 bridgehead atoms. The van der Waals surface area contributed by atoms with E-state index >= 15 is 0 Å². The van der Waals surface area contributed by atoms with Crippen molar-refractivity contribution in [1.29, 1.82) is 0 Å². The van der Waals surface area contributed by atoms with Gasteiger partial charge in [0.25, 0.3) is 5.91 Å². The summed E-state index contributed by atoms with van der Waals surface area (Å²) in [5.74, 6) is 0.845. The van der Waals surface area contributed by atoms with Crippen LogP contribution in [-0.4, -0.2) is 56.9 Å². The molecule has 220 valence electrons. The van der Waals surface area contributed by atoms with Gasteiger partial charge in [-0.15, -0.1) is 0 Å². The molecule has 1 fully saturated rings. The summed E-state index contributed by atoms with van der Waals surface area (Å²) in [5.41, 5.74) is 1.27. The van der Waals surface area contributed by atoms with Gasteiger partial charge in [-0.1, -0.05) is 67.5 Å². The SMILES string of the molecule is CC1CCCN(C2=NC(C)(CCC(C)C(C)(C)C)N([C@H](CCC(C)(C)C)C3=CC=C(C(=O)O)CC3)C2=O)C1C. The smallest absolute Gasteiger partial charge is 0.331 e. The molecule has 0 aromatic heterocycles. The fourth-order valence-corrected chi connectivity index (χ4v) is 6.21. The summed E-state index contributed by atoms with van der Waals surface area (Å²) in [4.78, 5) is 35.9. The van der Waals surface area contributed by atoms with Gasteiger partial charge in [0.1, 0.15) is 5.66 Å². The molecule has 39 heavy (non-hydrogen) atoms. The first-order valence-corrected chi connectivity index (χ1v) is 15.3. The van der Waals surface area contributed by atoms with E-state index in [-0.39, 0.29) is 28.8 Å². The summed E-state index contributed by atoms with van der Waals surface area (Å²) >= 11 is 0. The number of likely N-dealkylation sites (tertiary alicyclic amines) is 1. The van der Waals surface area contributed by atoms with Crippen molar-refractivity contribution in [3.8, 4) is 0 Å². The number of hydrogen-bond donors (Lipinski definition) is 1. The molecule has 2 aliphatic heterocycles. The lowest BCUT2D eigenvalue weighted by Gasteiger charge is -2.43. The highest BCUT2D eigenvalue weighted by atomic mass is 16.4. The second-order valence-corrected chi connectivity index (χ2v) is 15.0. The van der Waals surface area contributed by atoms with E-state index in [1.165, 1.54) is 6.42 Å². The molecular weight excluding hydrogens is 486 g/mol. The van der Waals surface area contributed by atoms with Crippen LogP contribution in [0.15, 0.2) is 28.3 Å². The minimum absolute atomic E-state index is 0.0506. The van der Waals surface area contributed by atoms with Gasteiger partial charge < -0.3 is 14.9 Å². The van der Waals surface area contributed by atoms with Gasteiger partial charge in [0, 0.05) is 18.2 Å². The van der Waals surface area contributed by atoms with Crippen molar-refractivity contribution in [2.75, 3.05) is 6.54 Å². The molecule has 0 radical (unpaired) electrons. The highest BCUT2D eigenvalue weighted by molar-refractivity contribution is 6.39. The Kier molecular flexibility index (Phi) is 9.49. The van der Waals surface area contributed by atoms with Crippen molar-refractivity contribution < 1.29 is 14.7 Å². The van der Waals surface area contributed by atoms with E-state index in [9.17, 15) is 14.7 Å². The second-order valence-electron chi connectivity index (χ2n) is 15.0. The van der Waals surface area contributed by atoms with Gasteiger partial charge in [0.15, 0.2) is 5.84 Å². The summed E-state index contributed by atoms with van der Waals surface area (Å²) < 4.78 is 0. The van der Waals surface area contributed by atoms with Crippen LogP contribution in [-0.2, 0) is 9.59 Å². The molecule has 6 heteroatoms. The molecule has 3 aliphatic rings. The molecule has 1 N–H and O–H groups in total. The minimum atomic E-state index is -0.853. The zero-order chi connectivity index (χ0) is 29.3. The van der Waals surface area contributed by atoms with E-state index in [1.807, 2.05) is 6.08 Å². The Balaban J connectivity index is 2.06. The van der Waals surface area contributed by atoms with Crippen molar-refractivity contribution in [3.05, 3.63) is 23.3 Å². The van der Waals surface area contributed by atoms with Crippen LogP contribution < -0.4 is 0 Å². The number of amidine groups is 1. The van der Waals surface area contributed by atoms with Gasteiger partial charge >= 0.3 is 5.97 Å². The number of aliphatic carboxylic acids is 1. The third kappa shape index (κ3) is 7.35. The average molecular weight is 542 g/mol. The number of rotatable bonds is 8. The van der Waals surface area contributed by atoms with Crippen molar-refractivity contribution in [2.45, 2.75) is 138 Å². The first kappa shape index (κ1) is 31.4. The molecule has 1 aliphatic carbocycles. The Morgan fingerprint density at radius 2 is 1.79 bits per heavy atom. The lowest BCUT2D eigenvalue weighted by atomic mass is 9.78. The van der Waals surface area contributed by atoms with Crippen LogP contribution in [0.2, 0.25) is 0 Å². The van der Waals surface area contributed by atoms with E-state index in [4.69, 9.17) is 4.99 Å². The summed E-state index contributed by atoms with van der Waals surface area (Å²) in [6.45, 7) is 23.5. The van der Waals surface area contributed by atoms with Gasteiger partial charge in [0.05, 0.1) is 6.04 Å². The van der Waals surface area contributed by atoms with Crippen LogP contribution in [0.5, 0.6) is 0 Å². The first-order valence-electron chi connectivity index (χ1n) is 15.3. The standard InChI is InChI=1S/C33H55N3O3/c1-22-12-11-21-35(24(22)3)28-29(37)36(33(10,34-28)20-17-23(2)32(7,8)9)27(18-19-31(4,5)6)25-13-15-26(16-14-25)30(38)39/h13,15,22-24,27H,11-12,14,16-21H2,1-10H3,(H,38,39)/t22?,23?,24?,27-,33?/m1/s1. The van der Waals surface area contributed by atoms with Gasteiger partial charge in [-0.3, -0.25) is 4.79 Å². The predicted octanol–water partition coefficient (Wildman–Crippen LogP) is 7.45. The maximum atomic E-state index is 14.5. The van der Waals surface area contributed by atoms with Gasteiger partial charge in [-0.25, -0.2) is 9.79 Å². The molecule has 6 nitrogen and oxygen atoms in total. The molecule has 2 heterocycles. The van der Waals surface area contributed by atoms with Crippen molar-refractivity contribution in [3.63, 3.8) is 0 Å². The molecule has 5 atom stereocenters. The monoisotopic (exact) mass is 541 g/mol. The van der Waals surface area contributed by atoms with Crippen LogP contribution in [0, 0.1) is 22.7 Å². The quantitative estimate of drug-likeness (QED) is 0.346. The van der Waals surface area contributed by atoms with E-state index in [0.29, 0.717) is 36.1 Å². The summed E-state index contributed by atoms with van der Waals surface area (Å²) in [5, 5.41) is 9.54. The Hall–Kier alpha value is -2.11. The van der Waals surface area contributed by atoms with Crippen molar-refractivity contribution in [1.82, 2.24) is 9.80 Å². The number of aliphatic imine (C=N–C) groups is 1. The molecule has 0 aromatic rings. The lowest BCUT2D eigenvalue weighted by molar-refractivity contribution is -0.133. The number of carbonyl (C=O) groups is 2. The third-order valence-electron chi connectivity index (χ3n) is 9.81. The highest BCUT2D eigenvalue weighted by Crippen LogP contribution is 2.42. The lowest BCUT2D eigenvalue weighted by Crippen LogP contribution is -2.55. The first-order chi connectivity index (χ1) is 17.9. The molecular formula is C33H55N3O3. The molecule has 1 saturated heterocycles. The molecule has 0 spiro atoms. The second kappa shape index (κ2) is 11.8. The van der Waals surface area contributed by atoms with Crippen molar-refractivity contribution >= 4 is 17.7 Å². The highest BCUT2D eigenvalue weighted by Gasteiger charge is 2.50. The van der Waals surface area contributed by atoms with Crippen LogP contribution >= 0.6 is 0 Å². The predicted molar refractivity (Wildman–Crippen MR) is 161 cm³/mol. The zero-order valence-electron chi connectivity index (χ0n) is 26.4. The van der Waals surface area contributed by atoms with E-state index in [2.05, 4.69) is 79.0 Å². The molecule has 4 unspecified atom stereocenters. The van der Waals surface area contributed by atoms with Gasteiger partial charge in [0.2, 0.25) is 0 Å². The van der Waals surface area contributed by atoms with E-state index < -0.39 is 11.6 Å². The zero-order valence-corrected chi connectivity index (χ0v) is 26.4. The number of amides is 1. The Morgan fingerprint density at radius 3 is 2.33 bits per heavy atom. The van der Waals surface area contributed by atoms with Crippen LogP contribution in [0.1, 0.15) is 121 Å². The van der Waals surface area contributed by atoms with Gasteiger partial charge in [-0.05, 0) is 93.5 Å². The van der Waals surface area contributed by atoms with E-state index in [1.54, 1.807) is 6.08 Å². The maximum absolute atomic E-state index is 14.5. The summed E-state index contributed by atoms with van der Waals surface area (Å²) in [6, 6.07) is 0.180. The fourth-order valence-electron chi connectivity index (χ4n) is 6.21. The van der Waals surface area contributed by atoms with Crippen LogP contribution in [0.25, 0.3) is 0 Å². The normalized spacial score (nSPS) is 28.2. The number of piperidine rings is 1. The summed E-state index contributed by atoms with van der Waals surface area (Å²) in [6.07, 6.45) is 10.8. The van der Waals surface area contributed by atoms with Crippen LogP contribution in [0.4, 0.5) is 0 Å². The number of carboxylic acid groups (broad SMARTS) is 1. The van der Waals surface area contributed by atoms with E-state index in [0.717, 1.165) is 44.2 Å². The number of carboxylic acids is 1. The summed E-state index contributed by atoms with van der Waals surface area (Å²) in [7, 11) is 0. The van der Waals surface area contributed by atoms with Crippen LogP contribution in [0.3, 0.4) is 0 Å². The maximum Gasteiger partial charge on any atom is 0.331 e. The topological polar surface area (TPSA) is 73.2 Å². The minimum Gasteiger partial charge on any atom is -0.478 e. The third-order valence-corrected chi connectivity index (χ3v) is 9.81. The Morgan fingerprint density at radius 1 is 1.13 bits per heavy atom. The Bertz CT molecular complexity index is 1010. The number of nitrogens with zero attached hydrogens (tertiary/aromatic N) is 3. The van der Waals surface area contributed by atoms with Gasteiger partial charge in [-0.2, -0.15) is 0 Å². The number of allylic oxidation sites excluding steroid dienone is 2. The largest absolute Gasteiger partial charge is 0.478 e. The Labute approximate surface area is 238 Å². The van der Waals surface area contributed by atoms with Crippen molar-refractivity contribution in [2.24, 2.45) is 27.7 Å². The fraction of sp³-hybridized carbons (Fsp3) is 0.788.